The third-order valence-corrected chi connectivity index (χ3v) is 9.67. The zero-order valence-corrected chi connectivity index (χ0v) is 25.2. The maximum absolute atomic E-state index is 11.7. The number of rotatable bonds is 10. The number of hydrogen-bond acceptors (Lipinski definition) is 1. The monoisotopic (exact) mass is 478 g/mol. The topological polar surface area (TPSA) is 20.2 Å². The third kappa shape index (κ3) is 5.98. The summed E-state index contributed by atoms with van der Waals surface area (Å²) < 4.78 is 0. The summed E-state index contributed by atoms with van der Waals surface area (Å²) in [6, 6.07) is 11.8. The highest BCUT2D eigenvalue weighted by atomic mass is 16.3. The molecule has 2 aromatic rings. The summed E-state index contributed by atoms with van der Waals surface area (Å²) in [6.45, 7) is 29.9. The van der Waals surface area contributed by atoms with Gasteiger partial charge in [0, 0.05) is 17.0 Å². The fraction of sp³-hybridized carbons (Fsp3) is 0.647. The lowest BCUT2D eigenvalue weighted by Crippen LogP contribution is -2.22. The Morgan fingerprint density at radius 3 is 1.31 bits per heavy atom. The smallest absolute Gasteiger partial charge is 0.123 e. The maximum Gasteiger partial charge on any atom is 0.123 e. The number of hydrogen-bond donors (Lipinski definition) is 1. The zero-order valence-electron chi connectivity index (χ0n) is 25.2. The minimum absolute atomic E-state index is 0.0577. The van der Waals surface area contributed by atoms with Crippen molar-refractivity contribution >= 4 is 0 Å². The maximum atomic E-state index is 11.7. The second-order valence-electron chi connectivity index (χ2n) is 13.5. The standard InChI is InChI=1S/C34H54O/c1-14-31(6,7)25-18-24(19-26(20-25)32(8,9)15-2)23(5)28-21-27(33(10,11)16-3)22-29(30(28)35)34(12,13)17-4/h18-23,35H,14-17H2,1-13H3. The van der Waals surface area contributed by atoms with Gasteiger partial charge in [-0.3, -0.25) is 0 Å². The van der Waals surface area contributed by atoms with Crippen molar-refractivity contribution < 1.29 is 5.11 Å². The Morgan fingerprint density at radius 2 is 0.943 bits per heavy atom. The quantitative estimate of drug-likeness (QED) is 0.360. The van der Waals surface area contributed by atoms with Gasteiger partial charge in [-0.25, -0.2) is 0 Å². The molecule has 0 fully saturated rings. The van der Waals surface area contributed by atoms with Gasteiger partial charge >= 0.3 is 0 Å². The molecular formula is C34H54O. The lowest BCUT2D eigenvalue weighted by Gasteiger charge is -2.33. The van der Waals surface area contributed by atoms with Crippen LogP contribution in [0.2, 0.25) is 0 Å². The van der Waals surface area contributed by atoms with Crippen molar-refractivity contribution in [2.45, 2.75) is 143 Å². The van der Waals surface area contributed by atoms with Crippen LogP contribution in [-0.4, -0.2) is 5.11 Å². The van der Waals surface area contributed by atoms with Gasteiger partial charge in [-0.05, 0) is 69.6 Å². The summed E-state index contributed by atoms with van der Waals surface area (Å²) >= 11 is 0. The highest BCUT2D eigenvalue weighted by Crippen LogP contribution is 2.45. The Balaban J connectivity index is 2.87. The SMILES string of the molecule is CCC(C)(C)c1cc(C(C)c2cc(C(C)(C)CC)cc(C(C)(C)CC)c2O)cc(C(C)(C)CC)c1. The molecule has 0 aliphatic rings. The Bertz CT molecular complexity index is 985. The Kier molecular flexibility index (Phi) is 8.68. The summed E-state index contributed by atoms with van der Waals surface area (Å²) in [7, 11) is 0. The molecular weight excluding hydrogens is 424 g/mol. The van der Waals surface area contributed by atoms with Crippen LogP contribution >= 0.6 is 0 Å². The number of phenolic OH excluding ortho intramolecular Hbond substituents is 1. The van der Waals surface area contributed by atoms with Crippen molar-refractivity contribution in [2.24, 2.45) is 0 Å². The molecule has 35 heavy (non-hydrogen) atoms. The lowest BCUT2D eigenvalue weighted by atomic mass is 9.72. The molecule has 2 aromatic carbocycles. The molecule has 1 atom stereocenters. The van der Waals surface area contributed by atoms with Crippen molar-refractivity contribution in [3.05, 3.63) is 63.7 Å². The minimum Gasteiger partial charge on any atom is -0.507 e. The fourth-order valence-corrected chi connectivity index (χ4v) is 4.56. The summed E-state index contributed by atoms with van der Waals surface area (Å²) in [6.07, 6.45) is 4.24. The summed E-state index contributed by atoms with van der Waals surface area (Å²) in [5.41, 5.74) is 7.78. The fourth-order valence-electron chi connectivity index (χ4n) is 4.56. The molecule has 0 aliphatic carbocycles. The normalized spacial score (nSPS) is 14.3. The van der Waals surface area contributed by atoms with Crippen molar-refractivity contribution in [1.82, 2.24) is 0 Å². The first-order chi connectivity index (χ1) is 16.0. The number of benzene rings is 2. The Hall–Kier alpha value is -1.76. The molecule has 0 aromatic heterocycles. The largest absolute Gasteiger partial charge is 0.507 e. The first-order valence-corrected chi connectivity index (χ1v) is 14.0. The predicted octanol–water partition coefficient (Wildman–Crippen LogP) is 10.3. The van der Waals surface area contributed by atoms with Crippen LogP contribution in [0.5, 0.6) is 5.75 Å². The Labute approximate surface area is 217 Å². The second-order valence-corrected chi connectivity index (χ2v) is 13.5. The molecule has 0 heterocycles. The van der Waals surface area contributed by atoms with Crippen LogP contribution in [0.3, 0.4) is 0 Å². The highest BCUT2D eigenvalue weighted by Gasteiger charge is 2.31. The van der Waals surface area contributed by atoms with E-state index in [1.165, 1.54) is 22.3 Å². The molecule has 1 unspecified atom stereocenters. The van der Waals surface area contributed by atoms with Gasteiger partial charge in [-0.1, -0.05) is 120 Å². The molecule has 0 aliphatic heterocycles. The predicted molar refractivity (Wildman–Crippen MR) is 155 cm³/mol. The van der Waals surface area contributed by atoms with Gasteiger partial charge in [0.1, 0.15) is 5.75 Å². The number of phenols is 1. The van der Waals surface area contributed by atoms with E-state index in [9.17, 15) is 5.11 Å². The first-order valence-electron chi connectivity index (χ1n) is 14.0. The number of aromatic hydroxyl groups is 1. The molecule has 0 saturated carbocycles. The van der Waals surface area contributed by atoms with E-state index in [0.717, 1.165) is 36.8 Å². The average Bonchev–Trinajstić information content (AvgIpc) is 2.82. The van der Waals surface area contributed by atoms with Crippen molar-refractivity contribution in [3.8, 4) is 5.75 Å². The van der Waals surface area contributed by atoms with Crippen LogP contribution in [0.4, 0.5) is 0 Å². The van der Waals surface area contributed by atoms with Crippen LogP contribution in [0, 0.1) is 0 Å². The van der Waals surface area contributed by atoms with Crippen molar-refractivity contribution in [3.63, 3.8) is 0 Å². The van der Waals surface area contributed by atoms with Gasteiger partial charge in [0.05, 0.1) is 0 Å². The first kappa shape index (κ1) is 29.5. The van der Waals surface area contributed by atoms with Crippen molar-refractivity contribution in [2.75, 3.05) is 0 Å². The molecule has 196 valence electrons. The van der Waals surface area contributed by atoms with E-state index in [1.54, 1.807) is 0 Å². The third-order valence-electron chi connectivity index (χ3n) is 9.67. The van der Waals surface area contributed by atoms with E-state index in [4.69, 9.17) is 0 Å². The molecule has 1 heteroatoms. The van der Waals surface area contributed by atoms with E-state index < -0.39 is 0 Å². The van der Waals surface area contributed by atoms with Gasteiger partial charge in [0.25, 0.3) is 0 Å². The molecule has 0 spiro atoms. The molecule has 0 radical (unpaired) electrons. The van der Waals surface area contributed by atoms with E-state index in [0.29, 0.717) is 5.75 Å². The van der Waals surface area contributed by atoms with Crippen molar-refractivity contribution in [1.29, 1.82) is 0 Å². The second kappa shape index (κ2) is 10.3. The van der Waals surface area contributed by atoms with Gasteiger partial charge in [0.15, 0.2) is 0 Å². The van der Waals surface area contributed by atoms with Crippen LogP contribution in [-0.2, 0) is 21.7 Å². The molecule has 1 nitrogen and oxygen atoms in total. The van der Waals surface area contributed by atoms with Crippen LogP contribution < -0.4 is 0 Å². The summed E-state index contributed by atoms with van der Waals surface area (Å²) in [5.74, 6) is 0.587. The van der Waals surface area contributed by atoms with E-state index >= 15 is 0 Å². The summed E-state index contributed by atoms with van der Waals surface area (Å²) in [5, 5.41) is 11.7. The molecule has 1 N–H and O–H groups in total. The van der Waals surface area contributed by atoms with E-state index in [1.807, 2.05) is 0 Å². The van der Waals surface area contributed by atoms with Gasteiger partial charge in [0.2, 0.25) is 0 Å². The average molecular weight is 479 g/mol. The van der Waals surface area contributed by atoms with Gasteiger partial charge in [-0.2, -0.15) is 0 Å². The van der Waals surface area contributed by atoms with Gasteiger partial charge in [-0.15, -0.1) is 0 Å². The molecule has 0 bridgehead atoms. The van der Waals surface area contributed by atoms with Gasteiger partial charge < -0.3 is 5.11 Å². The van der Waals surface area contributed by atoms with Crippen LogP contribution in [0.15, 0.2) is 30.3 Å². The molecule has 2 rings (SSSR count). The zero-order chi connectivity index (χ0) is 27.0. The highest BCUT2D eigenvalue weighted by molar-refractivity contribution is 5.53. The minimum atomic E-state index is -0.0835. The van der Waals surface area contributed by atoms with E-state index in [2.05, 4.69) is 120 Å². The summed E-state index contributed by atoms with van der Waals surface area (Å²) in [4.78, 5) is 0. The lowest BCUT2D eigenvalue weighted by molar-refractivity contribution is 0.418. The van der Waals surface area contributed by atoms with Crippen LogP contribution in [0.1, 0.15) is 155 Å². The Morgan fingerprint density at radius 1 is 0.571 bits per heavy atom. The molecule has 0 saturated heterocycles. The molecule has 0 amide bonds. The van der Waals surface area contributed by atoms with Crippen LogP contribution in [0.25, 0.3) is 0 Å². The van der Waals surface area contributed by atoms with E-state index in [-0.39, 0.29) is 27.6 Å².